The highest BCUT2D eigenvalue weighted by atomic mass is 16.6. The van der Waals surface area contributed by atoms with E-state index < -0.39 is 5.41 Å². The number of esters is 1. The van der Waals surface area contributed by atoms with Crippen LogP contribution >= 0.6 is 0 Å². The molecule has 1 N–H and O–H groups in total. The Morgan fingerprint density at radius 3 is 2.76 bits per heavy atom. The Hall–Kier alpha value is -0.610. The van der Waals surface area contributed by atoms with Crippen LogP contribution in [0.4, 0.5) is 0 Å². The van der Waals surface area contributed by atoms with Crippen molar-refractivity contribution in [2.24, 2.45) is 11.3 Å². The largest absolute Gasteiger partial charge is 0.460 e. The fourth-order valence-corrected chi connectivity index (χ4v) is 2.24. The molecule has 0 aromatic carbocycles. The standard InChI is InChI=1S/C13H25NO3/c1-10(9-16-4)17-12(15)13(2,3)11-6-5-7-14-8-11/h10-11,14H,5-9H2,1-4H3. The van der Waals surface area contributed by atoms with Gasteiger partial charge in [-0.2, -0.15) is 0 Å². The monoisotopic (exact) mass is 243 g/mol. The van der Waals surface area contributed by atoms with Crippen molar-refractivity contribution in [1.29, 1.82) is 0 Å². The second-order valence-electron chi connectivity index (χ2n) is 5.44. The van der Waals surface area contributed by atoms with Crippen molar-refractivity contribution in [2.45, 2.75) is 39.7 Å². The van der Waals surface area contributed by atoms with Gasteiger partial charge in [0.25, 0.3) is 0 Å². The van der Waals surface area contributed by atoms with Crippen molar-refractivity contribution in [1.82, 2.24) is 5.32 Å². The molecule has 0 saturated carbocycles. The van der Waals surface area contributed by atoms with Gasteiger partial charge in [-0.3, -0.25) is 4.79 Å². The molecule has 4 nitrogen and oxygen atoms in total. The lowest BCUT2D eigenvalue weighted by atomic mass is 9.75. The molecule has 1 saturated heterocycles. The lowest BCUT2D eigenvalue weighted by Gasteiger charge is -2.35. The molecule has 2 atom stereocenters. The topological polar surface area (TPSA) is 47.6 Å². The lowest BCUT2D eigenvalue weighted by Crippen LogP contribution is -2.44. The van der Waals surface area contributed by atoms with Crippen molar-refractivity contribution >= 4 is 5.97 Å². The molecule has 1 aliphatic heterocycles. The molecule has 0 bridgehead atoms. The summed E-state index contributed by atoms with van der Waals surface area (Å²) in [7, 11) is 1.61. The van der Waals surface area contributed by atoms with Gasteiger partial charge in [-0.25, -0.2) is 0 Å². The van der Waals surface area contributed by atoms with Gasteiger partial charge in [0.1, 0.15) is 6.10 Å². The highest BCUT2D eigenvalue weighted by Crippen LogP contribution is 2.33. The number of rotatable bonds is 5. The third kappa shape index (κ3) is 3.96. The van der Waals surface area contributed by atoms with E-state index in [1.165, 1.54) is 0 Å². The first kappa shape index (κ1) is 14.5. The van der Waals surface area contributed by atoms with Gasteiger partial charge in [-0.15, -0.1) is 0 Å². The molecule has 4 heteroatoms. The van der Waals surface area contributed by atoms with Gasteiger partial charge in [0, 0.05) is 7.11 Å². The van der Waals surface area contributed by atoms with E-state index in [0.717, 1.165) is 25.9 Å². The molecule has 1 rings (SSSR count). The number of hydrogen-bond acceptors (Lipinski definition) is 4. The number of carbonyl (C=O) groups is 1. The fourth-order valence-electron chi connectivity index (χ4n) is 2.24. The zero-order valence-electron chi connectivity index (χ0n) is 11.4. The summed E-state index contributed by atoms with van der Waals surface area (Å²) in [4.78, 5) is 12.1. The number of nitrogens with one attached hydrogen (secondary N) is 1. The first-order valence-electron chi connectivity index (χ1n) is 6.39. The average molecular weight is 243 g/mol. The third-order valence-corrected chi connectivity index (χ3v) is 3.55. The minimum atomic E-state index is -0.421. The molecule has 1 aliphatic rings. The molecule has 100 valence electrons. The Balaban J connectivity index is 2.52. The smallest absolute Gasteiger partial charge is 0.312 e. The third-order valence-electron chi connectivity index (χ3n) is 3.55. The van der Waals surface area contributed by atoms with Gasteiger partial charge >= 0.3 is 5.97 Å². The van der Waals surface area contributed by atoms with Gasteiger partial charge in [-0.1, -0.05) is 0 Å². The van der Waals surface area contributed by atoms with Crippen LogP contribution in [0.3, 0.4) is 0 Å². The van der Waals surface area contributed by atoms with Crippen LogP contribution in [-0.2, 0) is 14.3 Å². The summed E-state index contributed by atoms with van der Waals surface area (Å²) < 4.78 is 10.4. The normalized spacial score (nSPS) is 23.2. The SMILES string of the molecule is COCC(C)OC(=O)C(C)(C)C1CCCNC1. The zero-order valence-corrected chi connectivity index (χ0v) is 11.4. The predicted molar refractivity (Wildman–Crippen MR) is 66.8 cm³/mol. The summed E-state index contributed by atoms with van der Waals surface area (Å²) >= 11 is 0. The number of methoxy groups -OCH3 is 1. The summed E-state index contributed by atoms with van der Waals surface area (Å²) in [5.74, 6) is 0.245. The van der Waals surface area contributed by atoms with E-state index in [4.69, 9.17) is 9.47 Å². The van der Waals surface area contributed by atoms with E-state index in [0.29, 0.717) is 12.5 Å². The molecule has 1 fully saturated rings. The van der Waals surface area contributed by atoms with E-state index >= 15 is 0 Å². The first-order valence-corrected chi connectivity index (χ1v) is 6.39. The minimum Gasteiger partial charge on any atom is -0.460 e. The highest BCUT2D eigenvalue weighted by molar-refractivity contribution is 5.76. The average Bonchev–Trinajstić information content (AvgIpc) is 2.30. The number of ether oxygens (including phenoxy) is 2. The molecular formula is C13H25NO3. The Morgan fingerprint density at radius 2 is 2.24 bits per heavy atom. The van der Waals surface area contributed by atoms with E-state index in [2.05, 4.69) is 5.32 Å². The number of piperidine rings is 1. The summed E-state index contributed by atoms with van der Waals surface area (Å²) in [6, 6.07) is 0. The van der Waals surface area contributed by atoms with Crippen LogP contribution in [-0.4, -0.2) is 38.9 Å². The summed E-state index contributed by atoms with van der Waals surface area (Å²) in [5.41, 5.74) is -0.421. The van der Waals surface area contributed by atoms with Crippen LogP contribution in [0.2, 0.25) is 0 Å². The summed E-state index contributed by atoms with van der Waals surface area (Å²) in [5, 5.41) is 3.34. The Bertz CT molecular complexity index is 247. The minimum absolute atomic E-state index is 0.115. The van der Waals surface area contributed by atoms with E-state index in [1.54, 1.807) is 7.11 Å². The molecule has 0 amide bonds. The van der Waals surface area contributed by atoms with Crippen molar-refractivity contribution < 1.29 is 14.3 Å². The zero-order chi connectivity index (χ0) is 12.9. The van der Waals surface area contributed by atoms with Crippen LogP contribution in [0, 0.1) is 11.3 Å². The van der Waals surface area contributed by atoms with Crippen LogP contribution < -0.4 is 5.32 Å². The molecule has 0 spiro atoms. The second-order valence-corrected chi connectivity index (χ2v) is 5.44. The quantitative estimate of drug-likeness (QED) is 0.745. The molecule has 0 aromatic heterocycles. The predicted octanol–water partition coefficient (Wildman–Crippen LogP) is 1.59. The number of carbonyl (C=O) groups excluding carboxylic acids is 1. The molecule has 2 unspecified atom stereocenters. The fraction of sp³-hybridized carbons (Fsp3) is 0.923. The summed E-state index contributed by atoms with van der Waals surface area (Å²) in [6.07, 6.45) is 2.05. The molecule has 0 radical (unpaired) electrons. The van der Waals surface area contributed by atoms with Crippen LogP contribution in [0.1, 0.15) is 33.6 Å². The van der Waals surface area contributed by atoms with E-state index in [1.807, 2.05) is 20.8 Å². The van der Waals surface area contributed by atoms with Crippen molar-refractivity contribution in [3.8, 4) is 0 Å². The molecule has 0 aliphatic carbocycles. The molecule has 17 heavy (non-hydrogen) atoms. The molecule has 0 aromatic rings. The van der Waals surface area contributed by atoms with Gasteiger partial charge in [0.15, 0.2) is 0 Å². The maximum atomic E-state index is 12.1. The van der Waals surface area contributed by atoms with Gasteiger partial charge in [0.2, 0.25) is 0 Å². The van der Waals surface area contributed by atoms with Crippen molar-refractivity contribution in [3.05, 3.63) is 0 Å². The maximum absolute atomic E-state index is 12.1. The van der Waals surface area contributed by atoms with E-state index in [-0.39, 0.29) is 12.1 Å². The number of hydrogen-bond donors (Lipinski definition) is 1. The molecule has 1 heterocycles. The Labute approximate surface area is 104 Å². The van der Waals surface area contributed by atoms with Crippen molar-refractivity contribution in [2.75, 3.05) is 26.8 Å². The lowest BCUT2D eigenvalue weighted by molar-refractivity contribution is -0.164. The van der Waals surface area contributed by atoms with Gasteiger partial charge < -0.3 is 14.8 Å². The first-order chi connectivity index (χ1) is 7.98. The van der Waals surface area contributed by atoms with Gasteiger partial charge in [0.05, 0.1) is 12.0 Å². The van der Waals surface area contributed by atoms with Crippen LogP contribution in [0.5, 0.6) is 0 Å². The van der Waals surface area contributed by atoms with Crippen molar-refractivity contribution in [3.63, 3.8) is 0 Å². The Kier molecular flexibility index (Phi) is 5.40. The van der Waals surface area contributed by atoms with Crippen LogP contribution in [0.25, 0.3) is 0 Å². The van der Waals surface area contributed by atoms with E-state index in [9.17, 15) is 4.79 Å². The maximum Gasteiger partial charge on any atom is 0.312 e. The second kappa shape index (κ2) is 6.36. The Morgan fingerprint density at radius 1 is 1.53 bits per heavy atom. The van der Waals surface area contributed by atoms with Crippen LogP contribution in [0.15, 0.2) is 0 Å². The molecular weight excluding hydrogens is 218 g/mol. The van der Waals surface area contributed by atoms with Gasteiger partial charge in [-0.05, 0) is 52.6 Å². The summed E-state index contributed by atoms with van der Waals surface area (Å²) in [6.45, 7) is 8.23. The highest BCUT2D eigenvalue weighted by Gasteiger charge is 2.39.